The fourth-order valence-corrected chi connectivity index (χ4v) is 2.23. The van der Waals surface area contributed by atoms with E-state index in [2.05, 4.69) is 26.6 Å². The molecule has 2 aromatic carbocycles. The van der Waals surface area contributed by atoms with Crippen molar-refractivity contribution in [3.8, 4) is 0 Å². The first-order valence-corrected chi connectivity index (χ1v) is 6.99. The first-order chi connectivity index (χ1) is 9.95. The molecule has 7 heteroatoms. The summed E-state index contributed by atoms with van der Waals surface area (Å²) in [5.41, 5.74) is 0.973. The lowest BCUT2D eigenvalue weighted by molar-refractivity contribution is 0.0696. The number of urea groups is 1. The summed E-state index contributed by atoms with van der Waals surface area (Å²) in [7, 11) is 0. The van der Waals surface area contributed by atoms with Gasteiger partial charge in [0.25, 0.3) is 0 Å². The summed E-state index contributed by atoms with van der Waals surface area (Å²) in [6.45, 7) is 0. The molecule has 21 heavy (non-hydrogen) atoms. The Morgan fingerprint density at radius 3 is 2.33 bits per heavy atom. The average molecular weight is 370 g/mol. The number of hydrogen-bond donors (Lipinski definition) is 3. The predicted molar refractivity (Wildman–Crippen MR) is 85.2 cm³/mol. The van der Waals surface area contributed by atoms with Crippen LogP contribution in [0.1, 0.15) is 10.4 Å². The molecule has 0 unspecified atom stereocenters. The zero-order valence-electron chi connectivity index (χ0n) is 10.6. The van der Waals surface area contributed by atoms with Crippen molar-refractivity contribution < 1.29 is 14.7 Å². The highest BCUT2D eigenvalue weighted by Crippen LogP contribution is 2.21. The zero-order valence-corrected chi connectivity index (χ0v) is 12.9. The Morgan fingerprint density at radius 1 is 1.05 bits per heavy atom. The summed E-state index contributed by atoms with van der Waals surface area (Å²) in [6, 6.07) is 10.7. The SMILES string of the molecule is O=C(Nc1cccc(Cl)c1)Nc1ccc(Br)c(C(=O)O)c1. The number of anilines is 2. The molecule has 3 N–H and O–H groups in total. The van der Waals surface area contributed by atoms with Gasteiger partial charge in [-0.15, -0.1) is 0 Å². The van der Waals surface area contributed by atoms with Crippen LogP contribution in [0.25, 0.3) is 0 Å². The molecule has 2 rings (SSSR count). The average Bonchev–Trinajstić information content (AvgIpc) is 2.40. The number of amides is 2. The molecule has 0 fully saturated rings. The van der Waals surface area contributed by atoms with Crippen molar-refractivity contribution in [1.82, 2.24) is 0 Å². The molecule has 0 aromatic heterocycles. The Morgan fingerprint density at radius 2 is 1.71 bits per heavy atom. The Labute approximate surface area is 134 Å². The number of nitrogens with one attached hydrogen (secondary N) is 2. The molecule has 0 aliphatic heterocycles. The lowest BCUT2D eigenvalue weighted by Gasteiger charge is -2.09. The van der Waals surface area contributed by atoms with Crippen molar-refractivity contribution in [2.45, 2.75) is 0 Å². The van der Waals surface area contributed by atoms with E-state index in [0.717, 1.165) is 0 Å². The largest absolute Gasteiger partial charge is 0.478 e. The Kier molecular flexibility index (Phi) is 4.82. The van der Waals surface area contributed by atoms with Crippen LogP contribution in [0.4, 0.5) is 16.2 Å². The highest BCUT2D eigenvalue weighted by molar-refractivity contribution is 9.10. The third-order valence-corrected chi connectivity index (χ3v) is 3.46. The van der Waals surface area contributed by atoms with Gasteiger partial charge in [0.1, 0.15) is 0 Å². The molecule has 0 saturated heterocycles. The maximum atomic E-state index is 11.8. The fraction of sp³-hybridized carbons (Fsp3) is 0. The lowest BCUT2D eigenvalue weighted by atomic mass is 10.2. The van der Waals surface area contributed by atoms with Gasteiger partial charge >= 0.3 is 12.0 Å². The van der Waals surface area contributed by atoms with Gasteiger partial charge in [-0.25, -0.2) is 9.59 Å². The van der Waals surface area contributed by atoms with Gasteiger partial charge in [0.05, 0.1) is 5.56 Å². The van der Waals surface area contributed by atoms with Crippen molar-refractivity contribution in [3.63, 3.8) is 0 Å². The van der Waals surface area contributed by atoms with Crippen molar-refractivity contribution in [2.75, 3.05) is 10.6 Å². The maximum absolute atomic E-state index is 11.8. The minimum atomic E-state index is -1.08. The summed E-state index contributed by atoms with van der Waals surface area (Å²) in [4.78, 5) is 22.9. The molecule has 2 aromatic rings. The molecule has 0 heterocycles. The van der Waals surface area contributed by atoms with E-state index in [1.54, 1.807) is 36.4 Å². The summed E-state index contributed by atoms with van der Waals surface area (Å²) in [5.74, 6) is -1.08. The first kappa shape index (κ1) is 15.3. The molecule has 5 nitrogen and oxygen atoms in total. The van der Waals surface area contributed by atoms with Crippen molar-refractivity contribution in [2.24, 2.45) is 0 Å². The number of rotatable bonds is 3. The Balaban J connectivity index is 2.09. The normalized spacial score (nSPS) is 10.0. The second-order valence-electron chi connectivity index (χ2n) is 4.09. The van der Waals surface area contributed by atoms with E-state index in [-0.39, 0.29) is 5.56 Å². The lowest BCUT2D eigenvalue weighted by Crippen LogP contribution is -2.19. The summed E-state index contributed by atoms with van der Waals surface area (Å²) < 4.78 is 0.441. The number of carboxylic acids is 1. The third-order valence-electron chi connectivity index (χ3n) is 2.54. The molecule has 0 bridgehead atoms. The maximum Gasteiger partial charge on any atom is 0.336 e. The molecular formula is C14H10BrClN2O3. The van der Waals surface area contributed by atoms with E-state index in [4.69, 9.17) is 16.7 Å². The van der Waals surface area contributed by atoms with Crippen LogP contribution in [0.5, 0.6) is 0 Å². The van der Waals surface area contributed by atoms with E-state index < -0.39 is 12.0 Å². The standard InChI is InChI=1S/C14H10BrClN2O3/c15-12-5-4-10(7-11(12)13(19)20)18-14(21)17-9-3-1-2-8(16)6-9/h1-7H,(H,19,20)(H2,17,18,21). The number of carbonyl (C=O) groups excluding carboxylic acids is 1. The van der Waals surface area contributed by atoms with Gasteiger partial charge in [-0.3, -0.25) is 0 Å². The van der Waals surface area contributed by atoms with Crippen molar-refractivity contribution in [3.05, 3.63) is 57.5 Å². The fourth-order valence-electron chi connectivity index (χ4n) is 1.63. The number of carboxylic acid groups (broad SMARTS) is 1. The molecule has 108 valence electrons. The monoisotopic (exact) mass is 368 g/mol. The van der Waals surface area contributed by atoms with E-state index in [1.807, 2.05) is 0 Å². The van der Waals surface area contributed by atoms with Gasteiger partial charge in [0.2, 0.25) is 0 Å². The predicted octanol–water partition coefficient (Wildman–Crippen LogP) is 4.44. The molecule has 0 atom stereocenters. The van der Waals surface area contributed by atoms with Crippen molar-refractivity contribution >= 4 is 50.9 Å². The molecule has 2 amide bonds. The number of aromatic carboxylic acids is 1. The summed E-state index contributed by atoms with van der Waals surface area (Å²) in [5, 5.41) is 14.7. The van der Waals surface area contributed by atoms with E-state index >= 15 is 0 Å². The second-order valence-corrected chi connectivity index (χ2v) is 5.38. The first-order valence-electron chi connectivity index (χ1n) is 5.82. The highest BCUT2D eigenvalue weighted by Gasteiger charge is 2.10. The van der Waals surface area contributed by atoms with Crippen LogP contribution in [0.2, 0.25) is 5.02 Å². The van der Waals surface area contributed by atoms with Gasteiger partial charge in [-0.2, -0.15) is 0 Å². The molecule has 0 spiro atoms. The van der Waals surface area contributed by atoms with Gasteiger partial charge in [-0.1, -0.05) is 17.7 Å². The number of halogens is 2. The number of carbonyl (C=O) groups is 2. The van der Waals surface area contributed by atoms with Gasteiger partial charge in [0, 0.05) is 20.9 Å². The van der Waals surface area contributed by atoms with Crippen LogP contribution in [-0.4, -0.2) is 17.1 Å². The van der Waals surface area contributed by atoms with Gasteiger partial charge < -0.3 is 15.7 Å². The molecule has 0 aliphatic carbocycles. The molecule has 0 aliphatic rings. The Hall–Kier alpha value is -2.05. The quantitative estimate of drug-likeness (QED) is 0.748. The van der Waals surface area contributed by atoms with Crippen LogP contribution in [0, 0.1) is 0 Å². The molecule has 0 saturated carbocycles. The highest BCUT2D eigenvalue weighted by atomic mass is 79.9. The topological polar surface area (TPSA) is 78.4 Å². The van der Waals surface area contributed by atoms with E-state index in [1.165, 1.54) is 6.07 Å². The zero-order chi connectivity index (χ0) is 15.4. The Bertz CT molecular complexity index is 706. The van der Waals surface area contributed by atoms with Gasteiger partial charge in [0.15, 0.2) is 0 Å². The minimum absolute atomic E-state index is 0.0653. The number of hydrogen-bond acceptors (Lipinski definition) is 2. The summed E-state index contributed by atoms with van der Waals surface area (Å²) in [6.07, 6.45) is 0. The number of benzene rings is 2. The molecular weight excluding hydrogens is 360 g/mol. The van der Waals surface area contributed by atoms with E-state index in [9.17, 15) is 9.59 Å². The van der Waals surface area contributed by atoms with E-state index in [0.29, 0.717) is 20.9 Å². The van der Waals surface area contributed by atoms with Gasteiger partial charge in [-0.05, 0) is 52.3 Å². The van der Waals surface area contributed by atoms with Crippen LogP contribution >= 0.6 is 27.5 Å². The second kappa shape index (κ2) is 6.60. The summed E-state index contributed by atoms with van der Waals surface area (Å²) >= 11 is 8.95. The third kappa shape index (κ3) is 4.21. The smallest absolute Gasteiger partial charge is 0.336 e. The minimum Gasteiger partial charge on any atom is -0.478 e. The molecule has 0 radical (unpaired) electrons. The van der Waals surface area contributed by atoms with Crippen LogP contribution in [0.3, 0.4) is 0 Å². The van der Waals surface area contributed by atoms with Crippen LogP contribution < -0.4 is 10.6 Å². The van der Waals surface area contributed by atoms with Crippen LogP contribution in [-0.2, 0) is 0 Å². The van der Waals surface area contributed by atoms with Crippen molar-refractivity contribution in [1.29, 1.82) is 0 Å². The van der Waals surface area contributed by atoms with Crippen LogP contribution in [0.15, 0.2) is 46.9 Å².